The molecule has 1 aromatic rings. The Labute approximate surface area is 123 Å². The van der Waals surface area contributed by atoms with Crippen molar-refractivity contribution >= 4 is 17.6 Å². The van der Waals surface area contributed by atoms with E-state index in [2.05, 4.69) is 4.99 Å². The molecule has 0 radical (unpaired) electrons. The highest BCUT2D eigenvalue weighted by Gasteiger charge is 2.44. The van der Waals surface area contributed by atoms with Crippen LogP contribution in [0, 0.1) is 0 Å². The zero-order valence-electron chi connectivity index (χ0n) is 12.5. The van der Waals surface area contributed by atoms with E-state index in [9.17, 15) is 9.59 Å². The summed E-state index contributed by atoms with van der Waals surface area (Å²) in [7, 11) is 1.72. The van der Waals surface area contributed by atoms with Crippen molar-refractivity contribution in [1.29, 1.82) is 0 Å². The van der Waals surface area contributed by atoms with Gasteiger partial charge in [0.1, 0.15) is 5.84 Å². The van der Waals surface area contributed by atoms with Gasteiger partial charge in [0.15, 0.2) is 5.54 Å². The monoisotopic (exact) mass is 288 g/mol. The topological polar surface area (TPSA) is 102 Å². The number of nitrogens with two attached hydrogens (primary N) is 2. The van der Waals surface area contributed by atoms with E-state index in [-0.39, 0.29) is 11.9 Å². The Morgan fingerprint density at radius 1 is 1.48 bits per heavy atom. The number of rotatable bonds is 3. The Morgan fingerprint density at radius 2 is 2.14 bits per heavy atom. The number of carbonyl (C=O) groups excluding carboxylic acids is 2. The average molecular weight is 288 g/mol. The summed E-state index contributed by atoms with van der Waals surface area (Å²) in [6, 6.07) is 6.45. The Bertz CT molecular complexity index is 626. The molecule has 1 aromatic carbocycles. The number of benzene rings is 1. The molecule has 2 amide bonds. The molecule has 112 valence electrons. The third kappa shape index (κ3) is 2.37. The summed E-state index contributed by atoms with van der Waals surface area (Å²) in [5.41, 5.74) is 11.1. The lowest BCUT2D eigenvalue weighted by molar-refractivity contribution is -0.137. The van der Waals surface area contributed by atoms with Gasteiger partial charge >= 0.3 is 0 Å². The molecular weight excluding hydrogens is 268 g/mol. The lowest BCUT2D eigenvalue weighted by Gasteiger charge is -2.39. The van der Waals surface area contributed by atoms with Gasteiger partial charge in [0, 0.05) is 12.6 Å². The van der Waals surface area contributed by atoms with E-state index >= 15 is 0 Å². The first-order valence-electron chi connectivity index (χ1n) is 6.84. The Morgan fingerprint density at radius 3 is 2.71 bits per heavy atom. The lowest BCUT2D eigenvalue weighted by Crippen LogP contribution is -2.56. The predicted molar refractivity (Wildman–Crippen MR) is 80.8 cm³/mol. The van der Waals surface area contributed by atoms with Crippen molar-refractivity contribution in [3.8, 4) is 0 Å². The van der Waals surface area contributed by atoms with E-state index in [1.165, 1.54) is 0 Å². The number of hydrogen-bond acceptors (Lipinski definition) is 4. The van der Waals surface area contributed by atoms with Crippen LogP contribution in [-0.2, 0) is 10.3 Å². The maximum absolute atomic E-state index is 12.7. The van der Waals surface area contributed by atoms with Crippen molar-refractivity contribution < 1.29 is 9.59 Å². The average Bonchev–Trinajstić information content (AvgIpc) is 2.45. The fraction of sp³-hybridized carbons (Fsp3) is 0.400. The number of aliphatic imine (C=N–C) groups is 1. The van der Waals surface area contributed by atoms with Gasteiger partial charge in [0.2, 0.25) is 5.91 Å². The number of likely N-dealkylation sites (N-methyl/N-ethyl adjacent to an activating group) is 1. The number of primary amides is 1. The highest BCUT2D eigenvalue weighted by molar-refractivity contribution is 6.00. The summed E-state index contributed by atoms with van der Waals surface area (Å²) < 4.78 is 0. The molecule has 1 heterocycles. The number of hydrogen-bond donors (Lipinski definition) is 2. The number of amides is 2. The molecule has 21 heavy (non-hydrogen) atoms. The van der Waals surface area contributed by atoms with Crippen molar-refractivity contribution in [3.05, 3.63) is 35.4 Å². The van der Waals surface area contributed by atoms with Gasteiger partial charge in [0.25, 0.3) is 5.91 Å². The predicted octanol–water partition coefficient (Wildman–Crippen LogP) is 0.608. The largest absolute Gasteiger partial charge is 0.386 e. The Balaban J connectivity index is 2.56. The molecule has 0 saturated carbocycles. The molecule has 6 nitrogen and oxygen atoms in total. The molecule has 2 unspecified atom stereocenters. The maximum Gasteiger partial charge on any atom is 0.255 e. The van der Waals surface area contributed by atoms with Gasteiger partial charge in [-0.25, -0.2) is 4.99 Å². The number of amidine groups is 1. The van der Waals surface area contributed by atoms with Gasteiger partial charge in [0.05, 0.1) is 6.04 Å². The van der Waals surface area contributed by atoms with E-state index in [1.54, 1.807) is 43.1 Å². The van der Waals surface area contributed by atoms with E-state index in [0.29, 0.717) is 23.4 Å². The van der Waals surface area contributed by atoms with E-state index < -0.39 is 11.4 Å². The first-order valence-corrected chi connectivity index (χ1v) is 6.84. The Kier molecular flexibility index (Phi) is 3.72. The molecule has 0 aliphatic carbocycles. The van der Waals surface area contributed by atoms with Crippen molar-refractivity contribution in [1.82, 2.24) is 4.90 Å². The molecule has 2 rings (SSSR count). The zero-order chi connectivity index (χ0) is 15.8. The summed E-state index contributed by atoms with van der Waals surface area (Å²) >= 11 is 0. The van der Waals surface area contributed by atoms with Crippen LogP contribution < -0.4 is 11.5 Å². The van der Waals surface area contributed by atoms with Crippen molar-refractivity contribution in [3.63, 3.8) is 0 Å². The third-order valence-electron chi connectivity index (χ3n) is 3.99. The molecule has 4 N–H and O–H groups in total. The quantitative estimate of drug-likeness (QED) is 0.851. The van der Waals surface area contributed by atoms with Gasteiger partial charge < -0.3 is 16.4 Å². The molecule has 0 bridgehead atoms. The molecule has 6 heteroatoms. The second kappa shape index (κ2) is 5.20. The molecule has 1 aliphatic heterocycles. The summed E-state index contributed by atoms with van der Waals surface area (Å²) in [6.07, 6.45) is 0.703. The van der Waals surface area contributed by atoms with Crippen LogP contribution in [-0.4, -0.2) is 35.6 Å². The highest BCUT2D eigenvalue weighted by Crippen LogP contribution is 2.32. The third-order valence-corrected chi connectivity index (χ3v) is 3.99. The summed E-state index contributed by atoms with van der Waals surface area (Å²) in [4.78, 5) is 30.0. The Hall–Kier alpha value is -2.37. The van der Waals surface area contributed by atoms with Crippen LogP contribution in [0.25, 0.3) is 0 Å². The van der Waals surface area contributed by atoms with Gasteiger partial charge in [-0.2, -0.15) is 0 Å². The minimum atomic E-state index is -1.13. The van der Waals surface area contributed by atoms with E-state index in [1.807, 2.05) is 6.92 Å². The smallest absolute Gasteiger partial charge is 0.255 e. The lowest BCUT2D eigenvalue weighted by atomic mass is 9.87. The van der Waals surface area contributed by atoms with E-state index in [4.69, 9.17) is 11.5 Å². The van der Waals surface area contributed by atoms with Crippen LogP contribution in [0.5, 0.6) is 0 Å². The second-order valence-electron chi connectivity index (χ2n) is 5.39. The van der Waals surface area contributed by atoms with Crippen LogP contribution in [0.15, 0.2) is 29.3 Å². The van der Waals surface area contributed by atoms with Crippen LogP contribution in [0.2, 0.25) is 0 Å². The van der Waals surface area contributed by atoms with Gasteiger partial charge in [-0.1, -0.05) is 19.1 Å². The van der Waals surface area contributed by atoms with E-state index in [0.717, 1.165) is 0 Å². The first-order chi connectivity index (χ1) is 9.81. The minimum absolute atomic E-state index is 0.148. The summed E-state index contributed by atoms with van der Waals surface area (Å²) in [6.45, 7) is 3.65. The normalized spacial score (nSPS) is 25.7. The molecule has 0 spiro atoms. The van der Waals surface area contributed by atoms with Gasteiger partial charge in [-0.15, -0.1) is 0 Å². The minimum Gasteiger partial charge on any atom is -0.386 e. The van der Waals surface area contributed by atoms with Crippen molar-refractivity contribution in [2.45, 2.75) is 31.8 Å². The molecule has 2 atom stereocenters. The molecule has 0 saturated heterocycles. The fourth-order valence-corrected chi connectivity index (χ4v) is 2.71. The number of carbonyl (C=O) groups is 2. The van der Waals surface area contributed by atoms with Crippen molar-refractivity contribution in [2.24, 2.45) is 16.5 Å². The SMILES string of the molecule is CCC1C(N)=NC(C)(c2cccc(C(N)=O)c2)C(=O)N1C. The van der Waals surface area contributed by atoms with Crippen LogP contribution in [0.3, 0.4) is 0 Å². The van der Waals surface area contributed by atoms with Gasteiger partial charge in [-0.05, 0) is 31.0 Å². The van der Waals surface area contributed by atoms with Gasteiger partial charge in [-0.3, -0.25) is 9.59 Å². The zero-order valence-corrected chi connectivity index (χ0v) is 12.5. The molecule has 0 fully saturated rings. The first kappa shape index (κ1) is 15.0. The molecule has 0 aromatic heterocycles. The number of nitrogens with zero attached hydrogens (tertiary/aromatic N) is 2. The summed E-state index contributed by atoms with van der Waals surface area (Å²) in [5, 5.41) is 0. The maximum atomic E-state index is 12.7. The highest BCUT2D eigenvalue weighted by atomic mass is 16.2. The molecule has 1 aliphatic rings. The standard InChI is InChI=1S/C15H20N4O2/c1-4-11-12(16)18-15(2,14(21)19(11)3)10-7-5-6-9(8-10)13(17)20/h5-8,11H,4H2,1-3H3,(H2,16,18)(H2,17,20). The molecular formula is C15H20N4O2. The van der Waals surface area contributed by atoms with Crippen molar-refractivity contribution in [2.75, 3.05) is 7.05 Å². The van der Waals surface area contributed by atoms with Crippen LogP contribution in [0.1, 0.15) is 36.2 Å². The fourth-order valence-electron chi connectivity index (χ4n) is 2.71. The van der Waals surface area contributed by atoms with Crippen LogP contribution >= 0.6 is 0 Å². The summed E-state index contributed by atoms with van der Waals surface area (Å²) in [5.74, 6) is -0.266. The van der Waals surface area contributed by atoms with Crippen LogP contribution in [0.4, 0.5) is 0 Å². The second-order valence-corrected chi connectivity index (χ2v) is 5.39.